The van der Waals surface area contributed by atoms with E-state index in [-0.39, 0.29) is 5.54 Å². The Labute approximate surface area is 58.4 Å². The lowest BCUT2D eigenvalue weighted by Gasteiger charge is -2.36. The van der Waals surface area contributed by atoms with E-state index in [4.69, 9.17) is 0 Å². The van der Waals surface area contributed by atoms with Crippen LogP contribution in [0.5, 0.6) is 0 Å². The minimum absolute atomic E-state index is 0.240. The monoisotopic (exact) mass is 130 g/mol. The van der Waals surface area contributed by atoms with Gasteiger partial charge in [0, 0.05) is 26.7 Å². The average Bonchev–Trinajstić information content (AvgIpc) is 1.62. The largest absolute Gasteiger partial charge is 0.248 e. The zero-order valence-corrected chi connectivity index (χ0v) is 7.39. The fraction of sp³-hybridized carbons (Fsp3) is 1.00. The standard InChI is InChI=1S/C7H18N2/c1-7(2,3)9(6)8(4)5/h1-6H3. The summed E-state index contributed by atoms with van der Waals surface area (Å²) in [5.74, 6) is 0. The molecule has 0 bridgehead atoms. The maximum absolute atomic E-state index is 2.19. The van der Waals surface area contributed by atoms with Crippen molar-refractivity contribution in [2.45, 2.75) is 26.3 Å². The molecule has 0 heterocycles. The summed E-state index contributed by atoms with van der Waals surface area (Å²) in [6.45, 7) is 6.56. The van der Waals surface area contributed by atoms with Gasteiger partial charge in [-0.25, -0.2) is 10.0 Å². The summed E-state index contributed by atoms with van der Waals surface area (Å²) in [7, 11) is 6.18. The van der Waals surface area contributed by atoms with Gasteiger partial charge in [0.2, 0.25) is 0 Å². The van der Waals surface area contributed by atoms with Gasteiger partial charge in [-0.2, -0.15) is 0 Å². The number of hydrazine groups is 1. The minimum Gasteiger partial charge on any atom is -0.248 e. The molecule has 0 unspecified atom stereocenters. The number of nitrogens with zero attached hydrogens (tertiary/aromatic N) is 2. The summed E-state index contributed by atoms with van der Waals surface area (Å²) in [4.78, 5) is 0. The molecule has 0 aromatic rings. The van der Waals surface area contributed by atoms with E-state index in [1.165, 1.54) is 0 Å². The van der Waals surface area contributed by atoms with Crippen molar-refractivity contribution >= 4 is 0 Å². The quantitative estimate of drug-likeness (QED) is 0.492. The van der Waals surface area contributed by atoms with Gasteiger partial charge in [0.15, 0.2) is 0 Å². The zero-order valence-electron chi connectivity index (χ0n) is 7.39. The third-order valence-corrected chi connectivity index (χ3v) is 1.57. The van der Waals surface area contributed by atoms with E-state index < -0.39 is 0 Å². The second-order valence-electron chi connectivity index (χ2n) is 3.54. The summed E-state index contributed by atoms with van der Waals surface area (Å²) in [5, 5.41) is 4.27. The van der Waals surface area contributed by atoms with Crippen LogP contribution in [-0.4, -0.2) is 36.7 Å². The van der Waals surface area contributed by atoms with Crippen molar-refractivity contribution in [1.82, 2.24) is 10.0 Å². The fourth-order valence-electron chi connectivity index (χ4n) is 0.600. The lowest BCUT2D eigenvalue weighted by Crippen LogP contribution is -2.46. The molecule has 0 N–H and O–H groups in total. The summed E-state index contributed by atoms with van der Waals surface area (Å²) < 4.78 is 0. The first-order chi connectivity index (χ1) is 3.85. The highest BCUT2D eigenvalue weighted by atomic mass is 15.6. The van der Waals surface area contributed by atoms with Gasteiger partial charge in [-0.3, -0.25) is 0 Å². The predicted octanol–water partition coefficient (Wildman–Crippen LogP) is 1.19. The van der Waals surface area contributed by atoms with Crippen LogP contribution in [0.2, 0.25) is 0 Å². The van der Waals surface area contributed by atoms with Gasteiger partial charge in [-0.05, 0) is 20.8 Å². The fourth-order valence-corrected chi connectivity index (χ4v) is 0.600. The second-order valence-corrected chi connectivity index (χ2v) is 3.54. The van der Waals surface area contributed by atoms with Crippen LogP contribution in [0.15, 0.2) is 0 Å². The molecule has 0 aromatic heterocycles. The Kier molecular flexibility index (Phi) is 2.65. The smallest absolute Gasteiger partial charge is 0.0268 e. The highest BCUT2D eigenvalue weighted by Crippen LogP contribution is 2.10. The van der Waals surface area contributed by atoms with Crippen LogP contribution in [0.25, 0.3) is 0 Å². The molecule has 0 aliphatic heterocycles. The maximum atomic E-state index is 2.19. The molecule has 56 valence electrons. The Balaban J connectivity index is 3.88. The Morgan fingerprint density at radius 3 is 1.22 bits per heavy atom. The van der Waals surface area contributed by atoms with Crippen LogP contribution in [-0.2, 0) is 0 Å². The molecule has 0 aliphatic rings. The maximum Gasteiger partial charge on any atom is 0.0268 e. The Bertz CT molecular complexity index is 81.4. The molecule has 0 aromatic carbocycles. The van der Waals surface area contributed by atoms with E-state index in [1.807, 2.05) is 14.1 Å². The molecule has 2 nitrogen and oxygen atoms in total. The van der Waals surface area contributed by atoms with E-state index in [2.05, 4.69) is 37.8 Å². The molecule has 0 aliphatic carbocycles. The van der Waals surface area contributed by atoms with E-state index >= 15 is 0 Å². The molecule has 2 heteroatoms. The summed E-state index contributed by atoms with van der Waals surface area (Å²) >= 11 is 0. The molecule has 0 fully saturated rings. The van der Waals surface area contributed by atoms with Gasteiger partial charge in [0.1, 0.15) is 0 Å². The molecular weight excluding hydrogens is 112 g/mol. The molecule has 0 atom stereocenters. The van der Waals surface area contributed by atoms with Gasteiger partial charge >= 0.3 is 0 Å². The van der Waals surface area contributed by atoms with Gasteiger partial charge < -0.3 is 0 Å². The van der Waals surface area contributed by atoms with Crippen LogP contribution >= 0.6 is 0 Å². The van der Waals surface area contributed by atoms with Crippen LogP contribution in [0, 0.1) is 0 Å². The molecule has 0 saturated carbocycles. The van der Waals surface area contributed by atoms with Crippen molar-refractivity contribution in [2.75, 3.05) is 21.1 Å². The average molecular weight is 130 g/mol. The molecule has 0 amide bonds. The predicted molar refractivity (Wildman–Crippen MR) is 41.2 cm³/mol. The highest BCUT2D eigenvalue weighted by molar-refractivity contribution is 4.68. The number of hydrogen-bond donors (Lipinski definition) is 0. The SMILES string of the molecule is CN(C)N(C)C(C)(C)C. The van der Waals surface area contributed by atoms with Crippen molar-refractivity contribution in [3.05, 3.63) is 0 Å². The molecule has 0 saturated heterocycles. The lowest BCUT2D eigenvalue weighted by molar-refractivity contribution is -0.0265. The molecule has 9 heavy (non-hydrogen) atoms. The highest BCUT2D eigenvalue weighted by Gasteiger charge is 2.17. The van der Waals surface area contributed by atoms with Crippen LogP contribution in [0.3, 0.4) is 0 Å². The molecule has 0 radical (unpaired) electrons. The van der Waals surface area contributed by atoms with Crippen molar-refractivity contribution in [3.8, 4) is 0 Å². The van der Waals surface area contributed by atoms with E-state index in [9.17, 15) is 0 Å². The topological polar surface area (TPSA) is 6.48 Å². The lowest BCUT2D eigenvalue weighted by atomic mass is 10.1. The van der Waals surface area contributed by atoms with Gasteiger partial charge in [-0.15, -0.1) is 0 Å². The first-order valence-corrected chi connectivity index (χ1v) is 3.27. The van der Waals surface area contributed by atoms with Crippen molar-refractivity contribution in [1.29, 1.82) is 0 Å². The minimum atomic E-state index is 0.240. The number of rotatable bonds is 1. The first-order valence-electron chi connectivity index (χ1n) is 3.27. The van der Waals surface area contributed by atoms with Gasteiger partial charge in [0.25, 0.3) is 0 Å². The van der Waals surface area contributed by atoms with Crippen molar-refractivity contribution in [3.63, 3.8) is 0 Å². The molecule has 0 rings (SSSR count). The van der Waals surface area contributed by atoms with E-state index in [0.717, 1.165) is 0 Å². The zero-order chi connectivity index (χ0) is 7.65. The van der Waals surface area contributed by atoms with Crippen LogP contribution in [0.4, 0.5) is 0 Å². The van der Waals surface area contributed by atoms with Crippen LogP contribution < -0.4 is 0 Å². The summed E-state index contributed by atoms with van der Waals surface area (Å²) in [6, 6.07) is 0. The molecular formula is C7H18N2. The Hall–Kier alpha value is -0.0800. The summed E-state index contributed by atoms with van der Waals surface area (Å²) in [6.07, 6.45) is 0. The van der Waals surface area contributed by atoms with E-state index in [1.54, 1.807) is 0 Å². The second kappa shape index (κ2) is 2.67. The Morgan fingerprint density at radius 2 is 1.22 bits per heavy atom. The van der Waals surface area contributed by atoms with Crippen molar-refractivity contribution in [2.24, 2.45) is 0 Å². The number of hydrogen-bond acceptors (Lipinski definition) is 2. The van der Waals surface area contributed by atoms with Gasteiger partial charge in [0.05, 0.1) is 0 Å². The van der Waals surface area contributed by atoms with Crippen molar-refractivity contribution < 1.29 is 0 Å². The first kappa shape index (κ1) is 8.92. The summed E-state index contributed by atoms with van der Waals surface area (Å²) in [5.41, 5.74) is 0.240. The third kappa shape index (κ3) is 2.82. The van der Waals surface area contributed by atoms with Gasteiger partial charge in [-0.1, -0.05) is 0 Å². The van der Waals surface area contributed by atoms with E-state index in [0.29, 0.717) is 0 Å². The molecule has 0 spiro atoms. The van der Waals surface area contributed by atoms with Crippen LogP contribution in [0.1, 0.15) is 20.8 Å². The normalized spacial score (nSPS) is 13.3. The third-order valence-electron chi connectivity index (χ3n) is 1.57. The Morgan fingerprint density at radius 1 is 0.889 bits per heavy atom.